The summed E-state index contributed by atoms with van der Waals surface area (Å²) in [6.45, 7) is 0.355. The lowest BCUT2D eigenvalue weighted by Gasteiger charge is -2.22. The predicted molar refractivity (Wildman–Crippen MR) is 73.4 cm³/mol. The summed E-state index contributed by atoms with van der Waals surface area (Å²) < 4.78 is 0. The largest absolute Gasteiger partial charge is 0.376 e. The molecule has 1 heterocycles. The molecule has 1 aliphatic heterocycles. The van der Waals surface area contributed by atoms with Crippen LogP contribution in [0.25, 0.3) is 0 Å². The smallest absolute Gasteiger partial charge is 0.239 e. The summed E-state index contributed by atoms with van der Waals surface area (Å²) in [7, 11) is 0. The molecule has 0 bridgehead atoms. The fraction of sp³-hybridized carbons (Fsp3) is 0.462. The van der Waals surface area contributed by atoms with Crippen LogP contribution in [0, 0.1) is 0 Å². The van der Waals surface area contributed by atoms with E-state index in [0.29, 0.717) is 12.6 Å². The molecule has 1 aromatic carbocycles. The zero-order valence-corrected chi connectivity index (χ0v) is 10.6. The molecule has 0 atom stereocenters. The summed E-state index contributed by atoms with van der Waals surface area (Å²) in [5.41, 5.74) is 0.988. The number of anilines is 1. The minimum Gasteiger partial charge on any atom is -0.376 e. The summed E-state index contributed by atoms with van der Waals surface area (Å²) >= 11 is 1.97. The van der Waals surface area contributed by atoms with Crippen molar-refractivity contribution in [3.63, 3.8) is 0 Å². The fourth-order valence-electron chi connectivity index (χ4n) is 1.86. The van der Waals surface area contributed by atoms with E-state index in [1.165, 1.54) is 0 Å². The van der Waals surface area contributed by atoms with Crippen molar-refractivity contribution in [2.75, 3.05) is 23.4 Å². The Balaban J connectivity index is 1.70. The molecule has 1 aromatic rings. The van der Waals surface area contributed by atoms with Crippen molar-refractivity contribution in [2.45, 2.75) is 18.9 Å². The van der Waals surface area contributed by atoms with Crippen LogP contribution in [0.15, 0.2) is 30.3 Å². The lowest BCUT2D eigenvalue weighted by Crippen LogP contribution is -2.40. The second kappa shape index (κ2) is 6.55. The lowest BCUT2D eigenvalue weighted by molar-refractivity contribution is -0.120. The van der Waals surface area contributed by atoms with E-state index in [1.54, 1.807) is 0 Å². The van der Waals surface area contributed by atoms with Crippen LogP contribution in [-0.2, 0) is 4.79 Å². The molecule has 0 radical (unpaired) electrons. The van der Waals surface area contributed by atoms with Gasteiger partial charge in [0, 0.05) is 11.7 Å². The number of hydrogen-bond donors (Lipinski definition) is 2. The lowest BCUT2D eigenvalue weighted by atomic mass is 10.1. The van der Waals surface area contributed by atoms with Crippen molar-refractivity contribution < 1.29 is 4.79 Å². The van der Waals surface area contributed by atoms with Gasteiger partial charge in [-0.2, -0.15) is 11.8 Å². The minimum atomic E-state index is 0.0887. The van der Waals surface area contributed by atoms with Gasteiger partial charge in [0.2, 0.25) is 5.91 Å². The van der Waals surface area contributed by atoms with Crippen LogP contribution in [0.3, 0.4) is 0 Å². The third kappa shape index (κ3) is 4.30. The van der Waals surface area contributed by atoms with Gasteiger partial charge in [0.1, 0.15) is 0 Å². The van der Waals surface area contributed by atoms with Crippen LogP contribution in [0.5, 0.6) is 0 Å². The number of nitrogens with one attached hydrogen (secondary N) is 2. The molecule has 0 aromatic heterocycles. The molecule has 0 unspecified atom stereocenters. The van der Waals surface area contributed by atoms with Gasteiger partial charge >= 0.3 is 0 Å². The van der Waals surface area contributed by atoms with Gasteiger partial charge in [-0.1, -0.05) is 18.2 Å². The molecular formula is C13H18N2OS. The Hall–Kier alpha value is -1.16. The normalized spacial score (nSPS) is 16.5. The Morgan fingerprint density at radius 3 is 2.65 bits per heavy atom. The van der Waals surface area contributed by atoms with Crippen LogP contribution in [0.1, 0.15) is 12.8 Å². The number of thioether (sulfide) groups is 1. The molecule has 0 aliphatic carbocycles. The van der Waals surface area contributed by atoms with Gasteiger partial charge in [0.25, 0.3) is 0 Å². The van der Waals surface area contributed by atoms with E-state index in [2.05, 4.69) is 10.6 Å². The Morgan fingerprint density at radius 1 is 1.24 bits per heavy atom. The maximum Gasteiger partial charge on any atom is 0.239 e. The predicted octanol–water partition coefficient (Wildman–Crippen LogP) is 2.11. The molecule has 4 heteroatoms. The first-order chi connectivity index (χ1) is 8.34. The quantitative estimate of drug-likeness (QED) is 0.860. The molecule has 2 rings (SSSR count). The molecule has 0 spiro atoms. The number of carbonyl (C=O) groups excluding carboxylic acids is 1. The molecule has 0 saturated carbocycles. The molecule has 1 fully saturated rings. The standard InChI is InChI=1S/C13H18N2OS/c16-13(15-12-6-8-17-9-7-12)10-14-11-4-2-1-3-5-11/h1-5,12,14H,6-10H2,(H,15,16). The van der Waals surface area contributed by atoms with Crippen molar-refractivity contribution in [3.8, 4) is 0 Å². The van der Waals surface area contributed by atoms with Gasteiger partial charge in [0.15, 0.2) is 0 Å². The molecule has 3 nitrogen and oxygen atoms in total. The van der Waals surface area contributed by atoms with Gasteiger partial charge in [-0.3, -0.25) is 4.79 Å². The highest BCUT2D eigenvalue weighted by Crippen LogP contribution is 2.16. The van der Waals surface area contributed by atoms with Crippen molar-refractivity contribution in [2.24, 2.45) is 0 Å². The number of amides is 1. The van der Waals surface area contributed by atoms with Gasteiger partial charge in [0.05, 0.1) is 6.54 Å². The van der Waals surface area contributed by atoms with Crippen LogP contribution < -0.4 is 10.6 Å². The first-order valence-electron chi connectivity index (χ1n) is 6.00. The fourth-order valence-corrected chi connectivity index (χ4v) is 2.97. The van der Waals surface area contributed by atoms with Crippen molar-refractivity contribution in [3.05, 3.63) is 30.3 Å². The molecule has 1 saturated heterocycles. The van der Waals surface area contributed by atoms with Gasteiger partial charge < -0.3 is 10.6 Å². The van der Waals surface area contributed by atoms with Gasteiger partial charge in [-0.15, -0.1) is 0 Å². The third-order valence-corrected chi connectivity index (χ3v) is 3.86. The Bertz CT molecular complexity index is 350. The Labute approximate surface area is 106 Å². The maximum atomic E-state index is 11.7. The number of hydrogen-bond acceptors (Lipinski definition) is 3. The van der Waals surface area contributed by atoms with Crippen LogP contribution in [0.2, 0.25) is 0 Å². The number of rotatable bonds is 4. The molecule has 17 heavy (non-hydrogen) atoms. The minimum absolute atomic E-state index is 0.0887. The summed E-state index contributed by atoms with van der Waals surface area (Å²) in [5, 5.41) is 6.19. The van der Waals surface area contributed by atoms with Crippen LogP contribution in [0.4, 0.5) is 5.69 Å². The van der Waals surface area contributed by atoms with E-state index < -0.39 is 0 Å². The van der Waals surface area contributed by atoms with E-state index in [0.717, 1.165) is 30.0 Å². The number of carbonyl (C=O) groups is 1. The average Bonchev–Trinajstić information content (AvgIpc) is 2.39. The number of benzene rings is 1. The molecule has 92 valence electrons. The summed E-state index contributed by atoms with van der Waals surface area (Å²) in [6.07, 6.45) is 2.20. The van der Waals surface area contributed by atoms with Crippen LogP contribution in [-0.4, -0.2) is 30.0 Å². The highest BCUT2D eigenvalue weighted by Gasteiger charge is 2.15. The van der Waals surface area contributed by atoms with Crippen molar-refractivity contribution in [1.29, 1.82) is 0 Å². The molecule has 1 amide bonds. The van der Waals surface area contributed by atoms with Crippen molar-refractivity contribution in [1.82, 2.24) is 5.32 Å². The monoisotopic (exact) mass is 250 g/mol. The Kier molecular flexibility index (Phi) is 4.74. The molecule has 2 N–H and O–H groups in total. The maximum absolute atomic E-state index is 11.7. The highest BCUT2D eigenvalue weighted by atomic mass is 32.2. The Morgan fingerprint density at radius 2 is 1.94 bits per heavy atom. The second-order valence-electron chi connectivity index (χ2n) is 4.17. The van der Waals surface area contributed by atoms with E-state index >= 15 is 0 Å². The summed E-state index contributed by atoms with van der Waals surface area (Å²) in [5.74, 6) is 2.42. The SMILES string of the molecule is O=C(CNc1ccccc1)NC1CCSCC1. The second-order valence-corrected chi connectivity index (χ2v) is 5.40. The zero-order valence-electron chi connectivity index (χ0n) is 9.82. The average molecular weight is 250 g/mol. The topological polar surface area (TPSA) is 41.1 Å². The number of para-hydroxylation sites is 1. The summed E-state index contributed by atoms with van der Waals surface area (Å²) in [6, 6.07) is 10.2. The van der Waals surface area contributed by atoms with E-state index in [1.807, 2.05) is 42.1 Å². The third-order valence-electron chi connectivity index (χ3n) is 2.81. The molecule has 1 aliphatic rings. The summed E-state index contributed by atoms with van der Waals surface area (Å²) in [4.78, 5) is 11.7. The van der Waals surface area contributed by atoms with E-state index in [9.17, 15) is 4.79 Å². The van der Waals surface area contributed by atoms with Gasteiger partial charge in [-0.05, 0) is 36.5 Å². The van der Waals surface area contributed by atoms with E-state index in [-0.39, 0.29) is 5.91 Å². The zero-order chi connectivity index (χ0) is 11.9. The highest BCUT2D eigenvalue weighted by molar-refractivity contribution is 7.99. The molecular weight excluding hydrogens is 232 g/mol. The van der Waals surface area contributed by atoms with Crippen LogP contribution >= 0.6 is 11.8 Å². The first-order valence-corrected chi connectivity index (χ1v) is 7.16. The first kappa shape index (κ1) is 12.3. The van der Waals surface area contributed by atoms with E-state index in [4.69, 9.17) is 0 Å². The van der Waals surface area contributed by atoms with Crippen molar-refractivity contribution >= 4 is 23.4 Å². The van der Waals surface area contributed by atoms with Gasteiger partial charge in [-0.25, -0.2) is 0 Å².